The minimum absolute atomic E-state index is 0.341. The summed E-state index contributed by atoms with van der Waals surface area (Å²) < 4.78 is 0. The number of rotatable bonds is 5. The molecule has 1 fully saturated rings. The van der Waals surface area contributed by atoms with Crippen LogP contribution in [0.5, 0.6) is 0 Å². The number of piperazine rings is 1. The van der Waals surface area contributed by atoms with E-state index in [9.17, 15) is 0 Å². The third kappa shape index (κ3) is 4.09. The van der Waals surface area contributed by atoms with E-state index in [2.05, 4.69) is 42.9 Å². The SMILES string of the molecule is CCC(C)(C)N(C)CCN1CCNCC1. The van der Waals surface area contributed by atoms with Crippen molar-refractivity contribution in [3.63, 3.8) is 0 Å². The zero-order chi connectivity index (χ0) is 11.3. The topological polar surface area (TPSA) is 18.5 Å². The Hall–Kier alpha value is -0.120. The van der Waals surface area contributed by atoms with Crippen molar-refractivity contribution in [2.75, 3.05) is 46.3 Å². The van der Waals surface area contributed by atoms with Crippen molar-refractivity contribution >= 4 is 0 Å². The average Bonchev–Trinajstić information content (AvgIpc) is 2.27. The van der Waals surface area contributed by atoms with Crippen molar-refractivity contribution in [3.05, 3.63) is 0 Å². The maximum atomic E-state index is 3.39. The molecule has 1 rings (SSSR count). The van der Waals surface area contributed by atoms with E-state index in [1.807, 2.05) is 0 Å². The van der Waals surface area contributed by atoms with Gasteiger partial charge in [-0.3, -0.25) is 9.80 Å². The zero-order valence-electron chi connectivity index (χ0n) is 10.8. The van der Waals surface area contributed by atoms with E-state index < -0.39 is 0 Å². The van der Waals surface area contributed by atoms with Crippen molar-refractivity contribution in [2.45, 2.75) is 32.7 Å². The fourth-order valence-corrected chi connectivity index (χ4v) is 1.80. The quantitative estimate of drug-likeness (QED) is 0.735. The first-order valence-corrected chi connectivity index (χ1v) is 6.20. The molecular formula is C12H27N3. The van der Waals surface area contributed by atoms with Crippen LogP contribution in [0.1, 0.15) is 27.2 Å². The molecule has 3 nitrogen and oxygen atoms in total. The predicted molar refractivity (Wildman–Crippen MR) is 66.3 cm³/mol. The van der Waals surface area contributed by atoms with Crippen molar-refractivity contribution in [1.82, 2.24) is 15.1 Å². The maximum absolute atomic E-state index is 3.39. The Bertz CT molecular complexity index is 174. The second-order valence-corrected chi connectivity index (χ2v) is 5.18. The third-order valence-electron chi connectivity index (χ3n) is 3.86. The molecule has 0 aromatic heterocycles. The summed E-state index contributed by atoms with van der Waals surface area (Å²) in [5, 5.41) is 3.39. The highest BCUT2D eigenvalue weighted by atomic mass is 15.2. The Kier molecular flexibility index (Phi) is 5.03. The van der Waals surface area contributed by atoms with Gasteiger partial charge in [-0.2, -0.15) is 0 Å². The van der Waals surface area contributed by atoms with Crippen LogP contribution in [0, 0.1) is 0 Å². The lowest BCUT2D eigenvalue weighted by Crippen LogP contribution is -2.49. The molecule has 0 spiro atoms. The lowest BCUT2D eigenvalue weighted by atomic mass is 10.0. The minimum atomic E-state index is 0.341. The van der Waals surface area contributed by atoms with E-state index in [1.165, 1.54) is 32.6 Å². The summed E-state index contributed by atoms with van der Waals surface area (Å²) in [6.07, 6.45) is 1.21. The number of nitrogens with zero attached hydrogens (tertiary/aromatic N) is 2. The second-order valence-electron chi connectivity index (χ2n) is 5.18. The van der Waals surface area contributed by atoms with Crippen LogP contribution in [0.4, 0.5) is 0 Å². The van der Waals surface area contributed by atoms with E-state index in [1.54, 1.807) is 0 Å². The lowest BCUT2D eigenvalue weighted by Gasteiger charge is -2.37. The number of hydrogen-bond acceptors (Lipinski definition) is 3. The highest BCUT2D eigenvalue weighted by Gasteiger charge is 2.21. The molecule has 0 amide bonds. The van der Waals surface area contributed by atoms with E-state index >= 15 is 0 Å². The minimum Gasteiger partial charge on any atom is -0.314 e. The molecule has 0 aromatic rings. The van der Waals surface area contributed by atoms with Crippen LogP contribution in [0.2, 0.25) is 0 Å². The van der Waals surface area contributed by atoms with E-state index in [0.717, 1.165) is 13.1 Å². The summed E-state index contributed by atoms with van der Waals surface area (Å²) in [7, 11) is 2.24. The fourth-order valence-electron chi connectivity index (χ4n) is 1.80. The Balaban J connectivity index is 2.23. The van der Waals surface area contributed by atoms with Crippen molar-refractivity contribution in [2.24, 2.45) is 0 Å². The molecule has 1 heterocycles. The lowest BCUT2D eigenvalue weighted by molar-refractivity contribution is 0.123. The number of likely N-dealkylation sites (N-methyl/N-ethyl adjacent to an activating group) is 1. The second kappa shape index (κ2) is 5.83. The van der Waals surface area contributed by atoms with Crippen LogP contribution in [0.3, 0.4) is 0 Å². The molecule has 0 aromatic carbocycles. The summed E-state index contributed by atoms with van der Waals surface area (Å²) in [5.41, 5.74) is 0.341. The van der Waals surface area contributed by atoms with Gasteiger partial charge in [0, 0.05) is 44.8 Å². The highest BCUT2D eigenvalue weighted by molar-refractivity contribution is 4.78. The van der Waals surface area contributed by atoms with Gasteiger partial charge >= 0.3 is 0 Å². The summed E-state index contributed by atoms with van der Waals surface area (Å²) >= 11 is 0. The summed E-state index contributed by atoms with van der Waals surface area (Å²) in [5.74, 6) is 0. The van der Waals surface area contributed by atoms with Gasteiger partial charge in [0.05, 0.1) is 0 Å². The number of hydrogen-bond donors (Lipinski definition) is 1. The van der Waals surface area contributed by atoms with Crippen LogP contribution in [0.15, 0.2) is 0 Å². The summed E-state index contributed by atoms with van der Waals surface area (Å²) in [4.78, 5) is 5.04. The normalized spacial score (nSPS) is 19.8. The molecule has 1 N–H and O–H groups in total. The van der Waals surface area contributed by atoms with Gasteiger partial charge in [0.2, 0.25) is 0 Å². The van der Waals surface area contributed by atoms with Gasteiger partial charge in [-0.15, -0.1) is 0 Å². The molecule has 0 atom stereocenters. The Morgan fingerprint density at radius 2 is 1.87 bits per heavy atom. The van der Waals surface area contributed by atoms with Gasteiger partial charge in [-0.05, 0) is 27.3 Å². The molecule has 0 unspecified atom stereocenters. The van der Waals surface area contributed by atoms with Crippen LogP contribution in [0.25, 0.3) is 0 Å². The molecule has 0 aliphatic carbocycles. The largest absolute Gasteiger partial charge is 0.314 e. The molecule has 0 bridgehead atoms. The summed E-state index contributed by atoms with van der Waals surface area (Å²) in [6, 6.07) is 0. The molecular weight excluding hydrogens is 186 g/mol. The summed E-state index contributed by atoms with van der Waals surface area (Å²) in [6.45, 7) is 14.0. The van der Waals surface area contributed by atoms with Crippen LogP contribution < -0.4 is 5.32 Å². The van der Waals surface area contributed by atoms with Gasteiger partial charge in [0.25, 0.3) is 0 Å². The first-order valence-electron chi connectivity index (χ1n) is 6.20. The fraction of sp³-hybridized carbons (Fsp3) is 1.00. The molecule has 0 saturated carbocycles. The van der Waals surface area contributed by atoms with Crippen LogP contribution >= 0.6 is 0 Å². The van der Waals surface area contributed by atoms with Gasteiger partial charge in [0.15, 0.2) is 0 Å². The first kappa shape index (κ1) is 12.9. The predicted octanol–water partition coefficient (Wildman–Crippen LogP) is 1.01. The maximum Gasteiger partial charge on any atom is 0.0148 e. The molecule has 3 heteroatoms. The van der Waals surface area contributed by atoms with Crippen LogP contribution in [-0.2, 0) is 0 Å². The number of nitrogens with one attached hydrogen (secondary N) is 1. The Morgan fingerprint density at radius 3 is 2.40 bits per heavy atom. The average molecular weight is 213 g/mol. The standard InChI is InChI=1S/C12H27N3/c1-5-12(2,3)14(4)10-11-15-8-6-13-7-9-15/h13H,5-11H2,1-4H3. The smallest absolute Gasteiger partial charge is 0.0148 e. The molecule has 1 aliphatic heterocycles. The van der Waals surface area contributed by atoms with Crippen molar-refractivity contribution in [1.29, 1.82) is 0 Å². The Morgan fingerprint density at radius 1 is 1.27 bits per heavy atom. The molecule has 90 valence electrons. The van der Waals surface area contributed by atoms with E-state index in [4.69, 9.17) is 0 Å². The van der Waals surface area contributed by atoms with Crippen molar-refractivity contribution in [3.8, 4) is 0 Å². The third-order valence-corrected chi connectivity index (χ3v) is 3.86. The van der Waals surface area contributed by atoms with Crippen LogP contribution in [-0.4, -0.2) is 61.7 Å². The molecule has 1 saturated heterocycles. The zero-order valence-corrected chi connectivity index (χ0v) is 10.8. The molecule has 1 aliphatic rings. The van der Waals surface area contributed by atoms with Crippen molar-refractivity contribution < 1.29 is 0 Å². The Labute approximate surface area is 94.8 Å². The molecule has 0 radical (unpaired) electrons. The van der Waals surface area contributed by atoms with Gasteiger partial charge in [-0.25, -0.2) is 0 Å². The van der Waals surface area contributed by atoms with Gasteiger partial charge in [-0.1, -0.05) is 6.92 Å². The monoisotopic (exact) mass is 213 g/mol. The van der Waals surface area contributed by atoms with E-state index in [0.29, 0.717) is 5.54 Å². The highest BCUT2D eigenvalue weighted by Crippen LogP contribution is 2.15. The van der Waals surface area contributed by atoms with E-state index in [-0.39, 0.29) is 0 Å². The first-order chi connectivity index (χ1) is 7.06. The van der Waals surface area contributed by atoms with Gasteiger partial charge in [0.1, 0.15) is 0 Å². The molecule has 15 heavy (non-hydrogen) atoms. The van der Waals surface area contributed by atoms with Gasteiger partial charge < -0.3 is 5.32 Å².